The zero-order chi connectivity index (χ0) is 14.8. The molecule has 21 heavy (non-hydrogen) atoms. The van der Waals surface area contributed by atoms with Gasteiger partial charge in [0.1, 0.15) is 0 Å². The molecule has 1 aromatic rings. The van der Waals surface area contributed by atoms with Crippen molar-refractivity contribution in [1.29, 1.82) is 0 Å². The van der Waals surface area contributed by atoms with Gasteiger partial charge in [-0.2, -0.15) is 0 Å². The molecule has 2 saturated carbocycles. The highest BCUT2D eigenvalue weighted by molar-refractivity contribution is 5.90. The summed E-state index contributed by atoms with van der Waals surface area (Å²) in [4.78, 5) is 20.4. The molecule has 0 spiro atoms. The van der Waals surface area contributed by atoms with Crippen LogP contribution in [0.15, 0.2) is 6.20 Å². The highest BCUT2D eigenvalue weighted by Gasteiger charge is 2.41. The zero-order valence-corrected chi connectivity index (χ0v) is 12.8. The molecule has 0 atom stereocenters. The van der Waals surface area contributed by atoms with E-state index in [-0.39, 0.29) is 5.97 Å². The standard InChI is InChI=1S/C16H23N3O2/c1-3-21-15(20)13-8-17-16(19-10(13)2)18-9-14(11-4-5-11)12-6-7-12/h8,11-12,14H,3-7,9H2,1-2H3,(H,17,18,19). The molecule has 0 unspecified atom stereocenters. The van der Waals surface area contributed by atoms with Gasteiger partial charge in [0.2, 0.25) is 5.95 Å². The fourth-order valence-electron chi connectivity index (χ4n) is 2.94. The van der Waals surface area contributed by atoms with Crippen LogP contribution >= 0.6 is 0 Å². The fraction of sp³-hybridized carbons (Fsp3) is 0.688. The number of esters is 1. The number of anilines is 1. The largest absolute Gasteiger partial charge is 0.462 e. The number of rotatable bonds is 7. The summed E-state index contributed by atoms with van der Waals surface area (Å²) >= 11 is 0. The molecule has 114 valence electrons. The molecule has 0 aromatic carbocycles. The van der Waals surface area contributed by atoms with Crippen LogP contribution in [0.4, 0.5) is 5.95 Å². The maximum atomic E-state index is 11.7. The maximum Gasteiger partial charge on any atom is 0.341 e. The number of ether oxygens (including phenoxy) is 1. The van der Waals surface area contributed by atoms with Crippen LogP contribution in [0.5, 0.6) is 0 Å². The lowest BCUT2D eigenvalue weighted by Gasteiger charge is -2.16. The van der Waals surface area contributed by atoms with E-state index in [2.05, 4.69) is 15.3 Å². The van der Waals surface area contributed by atoms with Crippen LogP contribution in [0.3, 0.4) is 0 Å². The van der Waals surface area contributed by atoms with Crippen molar-refractivity contribution in [3.8, 4) is 0 Å². The van der Waals surface area contributed by atoms with E-state index in [1.54, 1.807) is 13.1 Å². The monoisotopic (exact) mass is 289 g/mol. The van der Waals surface area contributed by atoms with E-state index in [4.69, 9.17) is 4.74 Å². The Morgan fingerprint density at radius 1 is 1.38 bits per heavy atom. The minimum atomic E-state index is -0.351. The summed E-state index contributed by atoms with van der Waals surface area (Å²) < 4.78 is 4.99. The lowest BCUT2D eigenvalue weighted by atomic mass is 9.98. The average Bonchev–Trinajstić information content (AvgIpc) is 3.33. The number of aromatic nitrogens is 2. The quantitative estimate of drug-likeness (QED) is 0.782. The molecule has 0 amide bonds. The van der Waals surface area contributed by atoms with Gasteiger partial charge in [-0.05, 0) is 57.3 Å². The van der Waals surface area contributed by atoms with Crippen molar-refractivity contribution in [2.24, 2.45) is 17.8 Å². The van der Waals surface area contributed by atoms with Gasteiger partial charge in [-0.1, -0.05) is 0 Å². The molecule has 1 heterocycles. The first-order chi connectivity index (χ1) is 10.2. The molecule has 0 radical (unpaired) electrons. The first-order valence-electron chi connectivity index (χ1n) is 7.93. The summed E-state index contributed by atoms with van der Waals surface area (Å²) in [7, 11) is 0. The third-order valence-electron chi connectivity index (χ3n) is 4.43. The Bertz CT molecular complexity index is 512. The van der Waals surface area contributed by atoms with Gasteiger partial charge in [-0.3, -0.25) is 0 Å². The summed E-state index contributed by atoms with van der Waals surface area (Å²) in [6, 6.07) is 0. The van der Waals surface area contributed by atoms with Gasteiger partial charge in [0.05, 0.1) is 17.9 Å². The number of hydrogen-bond donors (Lipinski definition) is 1. The van der Waals surface area contributed by atoms with Crippen LogP contribution < -0.4 is 5.32 Å². The molecule has 5 heteroatoms. The smallest absolute Gasteiger partial charge is 0.341 e. The Balaban J connectivity index is 1.60. The molecule has 1 aromatic heterocycles. The van der Waals surface area contributed by atoms with E-state index < -0.39 is 0 Å². The molecule has 2 aliphatic rings. The third kappa shape index (κ3) is 3.52. The molecule has 2 aliphatic carbocycles. The predicted molar refractivity (Wildman–Crippen MR) is 80.2 cm³/mol. The highest BCUT2D eigenvalue weighted by Crippen LogP contribution is 2.49. The zero-order valence-electron chi connectivity index (χ0n) is 12.8. The second-order valence-electron chi connectivity index (χ2n) is 6.13. The lowest BCUT2D eigenvalue weighted by molar-refractivity contribution is 0.0524. The van der Waals surface area contributed by atoms with E-state index >= 15 is 0 Å². The Hall–Kier alpha value is -1.65. The summed E-state index contributed by atoms with van der Waals surface area (Å²) in [6.07, 6.45) is 7.08. The number of nitrogens with zero attached hydrogens (tertiary/aromatic N) is 2. The molecule has 0 aliphatic heterocycles. The van der Waals surface area contributed by atoms with Crippen molar-refractivity contribution in [2.45, 2.75) is 39.5 Å². The summed E-state index contributed by atoms with van der Waals surface area (Å²) in [5, 5.41) is 3.35. The molecule has 3 rings (SSSR count). The number of nitrogens with one attached hydrogen (secondary N) is 1. The van der Waals surface area contributed by atoms with E-state index in [9.17, 15) is 4.79 Å². The molecule has 2 fully saturated rings. The number of aryl methyl sites for hydroxylation is 1. The van der Waals surface area contributed by atoms with Crippen LogP contribution in [0.2, 0.25) is 0 Å². The first kappa shape index (κ1) is 14.3. The Labute approximate surface area is 125 Å². The van der Waals surface area contributed by atoms with Crippen LogP contribution in [-0.2, 0) is 4.74 Å². The molecule has 1 N–H and O–H groups in total. The van der Waals surface area contributed by atoms with Crippen LogP contribution in [0.1, 0.15) is 48.7 Å². The van der Waals surface area contributed by atoms with Gasteiger partial charge < -0.3 is 10.1 Å². The topological polar surface area (TPSA) is 64.1 Å². The normalized spacial score (nSPS) is 17.9. The second kappa shape index (κ2) is 6.00. The van der Waals surface area contributed by atoms with Crippen molar-refractivity contribution >= 4 is 11.9 Å². The molecule has 0 saturated heterocycles. The Kier molecular flexibility index (Phi) is 4.08. The van der Waals surface area contributed by atoms with Gasteiger partial charge in [-0.25, -0.2) is 14.8 Å². The van der Waals surface area contributed by atoms with E-state index in [0.717, 1.165) is 24.3 Å². The summed E-state index contributed by atoms with van der Waals surface area (Å²) in [6.45, 7) is 4.93. The fourth-order valence-corrected chi connectivity index (χ4v) is 2.94. The summed E-state index contributed by atoms with van der Waals surface area (Å²) in [5.74, 6) is 2.86. The van der Waals surface area contributed by atoms with Gasteiger partial charge in [-0.15, -0.1) is 0 Å². The SMILES string of the molecule is CCOC(=O)c1cnc(NCC(C2CC2)C2CC2)nc1C. The van der Waals surface area contributed by atoms with Gasteiger partial charge in [0, 0.05) is 12.7 Å². The van der Waals surface area contributed by atoms with Crippen LogP contribution in [0, 0.1) is 24.7 Å². The van der Waals surface area contributed by atoms with E-state index in [1.165, 1.54) is 25.7 Å². The van der Waals surface area contributed by atoms with Crippen LogP contribution in [0.25, 0.3) is 0 Å². The molecular weight excluding hydrogens is 266 g/mol. The van der Waals surface area contributed by atoms with Crippen molar-refractivity contribution in [3.05, 3.63) is 17.5 Å². The summed E-state index contributed by atoms with van der Waals surface area (Å²) in [5.41, 5.74) is 1.11. The highest BCUT2D eigenvalue weighted by atomic mass is 16.5. The predicted octanol–water partition coefficient (Wildman–Crippen LogP) is 2.81. The van der Waals surface area contributed by atoms with Crippen molar-refractivity contribution in [3.63, 3.8) is 0 Å². The Morgan fingerprint density at radius 3 is 2.57 bits per heavy atom. The third-order valence-corrected chi connectivity index (χ3v) is 4.43. The van der Waals surface area contributed by atoms with Gasteiger partial charge >= 0.3 is 5.97 Å². The van der Waals surface area contributed by atoms with Gasteiger partial charge in [0.25, 0.3) is 0 Å². The van der Waals surface area contributed by atoms with Crippen molar-refractivity contribution in [2.75, 3.05) is 18.5 Å². The number of hydrogen-bond acceptors (Lipinski definition) is 5. The maximum absolute atomic E-state index is 11.7. The lowest BCUT2D eigenvalue weighted by Crippen LogP contribution is -2.20. The molecule has 0 bridgehead atoms. The molecular formula is C16H23N3O2. The van der Waals surface area contributed by atoms with E-state index in [1.807, 2.05) is 6.92 Å². The first-order valence-corrected chi connectivity index (χ1v) is 7.93. The minimum absolute atomic E-state index is 0.351. The van der Waals surface area contributed by atoms with Gasteiger partial charge in [0.15, 0.2) is 0 Å². The van der Waals surface area contributed by atoms with E-state index in [0.29, 0.717) is 23.8 Å². The number of carbonyl (C=O) groups excluding carboxylic acids is 1. The van der Waals surface area contributed by atoms with Crippen LogP contribution in [-0.4, -0.2) is 29.1 Å². The van der Waals surface area contributed by atoms with Crippen molar-refractivity contribution in [1.82, 2.24) is 9.97 Å². The minimum Gasteiger partial charge on any atom is -0.462 e. The molecule has 5 nitrogen and oxygen atoms in total. The van der Waals surface area contributed by atoms with Crippen molar-refractivity contribution < 1.29 is 9.53 Å². The average molecular weight is 289 g/mol. The Morgan fingerprint density at radius 2 is 2.05 bits per heavy atom. The second-order valence-corrected chi connectivity index (χ2v) is 6.13. The number of carbonyl (C=O) groups is 1.